The number of nitrogens with one attached hydrogen (secondary N) is 2. The predicted octanol–water partition coefficient (Wildman–Crippen LogP) is 3.98. The van der Waals surface area contributed by atoms with Crippen molar-refractivity contribution in [1.29, 1.82) is 0 Å². The Balaban J connectivity index is 2.10. The third kappa shape index (κ3) is 4.52. The lowest BCUT2D eigenvalue weighted by molar-refractivity contribution is 0.606. The Kier molecular flexibility index (Phi) is 4.49. The normalized spacial score (nSPS) is 11.1. The van der Waals surface area contributed by atoms with E-state index in [1.165, 1.54) is 0 Å². The van der Waals surface area contributed by atoms with Crippen LogP contribution in [0.3, 0.4) is 0 Å². The first kappa shape index (κ1) is 14.4. The van der Waals surface area contributed by atoms with E-state index in [-0.39, 0.29) is 0 Å². The van der Waals surface area contributed by atoms with Gasteiger partial charge in [0.25, 0.3) is 0 Å². The lowest BCUT2D eigenvalue weighted by Gasteiger charge is -2.10. The molecule has 4 nitrogen and oxygen atoms in total. The van der Waals surface area contributed by atoms with Crippen molar-refractivity contribution in [3.63, 3.8) is 0 Å². The highest BCUT2D eigenvalue weighted by Crippen LogP contribution is 2.18. The van der Waals surface area contributed by atoms with E-state index < -0.39 is 10.2 Å². The van der Waals surface area contributed by atoms with Crippen molar-refractivity contribution in [3.05, 3.63) is 57.5 Å². The van der Waals surface area contributed by atoms with Gasteiger partial charge in [-0.1, -0.05) is 31.9 Å². The van der Waals surface area contributed by atoms with E-state index in [1.54, 1.807) is 48.5 Å². The molecule has 0 amide bonds. The van der Waals surface area contributed by atoms with Gasteiger partial charge in [0, 0.05) is 8.95 Å². The zero-order valence-corrected chi connectivity index (χ0v) is 13.6. The van der Waals surface area contributed by atoms with Crippen LogP contribution in [-0.2, 0) is 10.2 Å². The fourth-order valence-corrected chi connectivity index (χ4v) is 2.84. The van der Waals surface area contributed by atoms with E-state index in [4.69, 9.17) is 0 Å². The molecular formula is C12H10Br2N2O2S. The molecule has 0 aliphatic heterocycles. The predicted molar refractivity (Wildman–Crippen MR) is 84.4 cm³/mol. The lowest BCUT2D eigenvalue weighted by atomic mass is 10.3. The fourth-order valence-electron chi connectivity index (χ4n) is 1.37. The van der Waals surface area contributed by atoms with Crippen LogP contribution in [0.2, 0.25) is 0 Å². The molecule has 0 fully saturated rings. The molecule has 0 bridgehead atoms. The molecule has 2 aromatic carbocycles. The molecular weight excluding hydrogens is 396 g/mol. The van der Waals surface area contributed by atoms with Gasteiger partial charge in [0.1, 0.15) is 0 Å². The van der Waals surface area contributed by atoms with E-state index in [9.17, 15) is 8.42 Å². The minimum atomic E-state index is -3.64. The van der Waals surface area contributed by atoms with Crippen molar-refractivity contribution in [2.75, 3.05) is 9.44 Å². The second-order valence-electron chi connectivity index (χ2n) is 3.72. The topological polar surface area (TPSA) is 58.2 Å². The summed E-state index contributed by atoms with van der Waals surface area (Å²) in [6.45, 7) is 0. The summed E-state index contributed by atoms with van der Waals surface area (Å²) in [4.78, 5) is 0. The summed E-state index contributed by atoms with van der Waals surface area (Å²) in [5.41, 5.74) is 0.987. The molecule has 2 N–H and O–H groups in total. The second kappa shape index (κ2) is 5.94. The first-order chi connectivity index (χ1) is 8.94. The summed E-state index contributed by atoms with van der Waals surface area (Å²) >= 11 is 6.58. The summed E-state index contributed by atoms with van der Waals surface area (Å²) in [6, 6.07) is 13.7. The summed E-state index contributed by atoms with van der Waals surface area (Å²) in [5.74, 6) is 0. The second-order valence-corrected chi connectivity index (χ2v) is 6.97. The Labute approximate surface area is 128 Å². The minimum Gasteiger partial charge on any atom is -0.267 e. The van der Waals surface area contributed by atoms with Crippen molar-refractivity contribution in [3.8, 4) is 0 Å². The molecule has 0 unspecified atom stereocenters. The largest absolute Gasteiger partial charge is 0.321 e. The van der Waals surface area contributed by atoms with Crippen LogP contribution in [0.25, 0.3) is 0 Å². The lowest BCUT2D eigenvalue weighted by Crippen LogP contribution is -2.21. The molecule has 100 valence electrons. The molecule has 0 aliphatic carbocycles. The number of hydrogen-bond donors (Lipinski definition) is 2. The maximum absolute atomic E-state index is 11.9. The van der Waals surface area contributed by atoms with E-state index in [1.807, 2.05) is 0 Å². The van der Waals surface area contributed by atoms with Crippen molar-refractivity contribution in [1.82, 2.24) is 0 Å². The van der Waals surface area contributed by atoms with Crippen LogP contribution >= 0.6 is 31.9 Å². The first-order valence-corrected chi connectivity index (χ1v) is 8.33. The van der Waals surface area contributed by atoms with Gasteiger partial charge in [0.15, 0.2) is 0 Å². The first-order valence-electron chi connectivity index (χ1n) is 5.26. The minimum absolute atomic E-state index is 0.493. The van der Waals surface area contributed by atoms with Gasteiger partial charge in [0.05, 0.1) is 11.4 Å². The summed E-state index contributed by atoms with van der Waals surface area (Å²) in [7, 11) is -3.64. The standard InChI is InChI=1S/C12H10Br2N2O2S/c13-9-1-5-11(6-2-9)15-19(17,18)16-12-7-3-10(14)4-8-12/h1-8,15-16H. The highest BCUT2D eigenvalue weighted by Gasteiger charge is 2.09. The maximum Gasteiger partial charge on any atom is 0.321 e. The SMILES string of the molecule is O=S(=O)(Nc1ccc(Br)cc1)Nc1ccc(Br)cc1. The van der Waals surface area contributed by atoms with Gasteiger partial charge in [-0.3, -0.25) is 9.44 Å². The van der Waals surface area contributed by atoms with Crippen molar-refractivity contribution < 1.29 is 8.42 Å². The van der Waals surface area contributed by atoms with Crippen LogP contribution in [0.1, 0.15) is 0 Å². The molecule has 2 aromatic rings. The Bertz CT molecular complexity index is 602. The Morgan fingerprint density at radius 1 is 0.684 bits per heavy atom. The zero-order chi connectivity index (χ0) is 13.9. The van der Waals surface area contributed by atoms with Crippen LogP contribution in [0, 0.1) is 0 Å². The van der Waals surface area contributed by atoms with Gasteiger partial charge in [-0.2, -0.15) is 8.42 Å². The van der Waals surface area contributed by atoms with E-state index in [0.717, 1.165) is 8.95 Å². The molecule has 0 radical (unpaired) electrons. The summed E-state index contributed by atoms with van der Waals surface area (Å²) in [5, 5.41) is 0. The van der Waals surface area contributed by atoms with Gasteiger partial charge in [-0.25, -0.2) is 0 Å². The zero-order valence-electron chi connectivity index (χ0n) is 9.60. The quantitative estimate of drug-likeness (QED) is 0.808. The molecule has 0 heterocycles. The van der Waals surface area contributed by atoms with E-state index >= 15 is 0 Å². The van der Waals surface area contributed by atoms with Crippen LogP contribution in [0.15, 0.2) is 57.5 Å². The number of anilines is 2. The summed E-state index contributed by atoms with van der Waals surface area (Å²) in [6.07, 6.45) is 0. The average Bonchev–Trinajstić information content (AvgIpc) is 2.34. The molecule has 0 aromatic heterocycles. The van der Waals surface area contributed by atoms with Crippen molar-refractivity contribution in [2.24, 2.45) is 0 Å². The molecule has 0 saturated heterocycles. The number of benzene rings is 2. The van der Waals surface area contributed by atoms with Crippen LogP contribution in [0.4, 0.5) is 11.4 Å². The molecule has 7 heteroatoms. The maximum atomic E-state index is 11.9. The number of rotatable bonds is 4. The van der Waals surface area contributed by atoms with E-state index in [2.05, 4.69) is 41.3 Å². The van der Waals surface area contributed by atoms with Gasteiger partial charge >= 0.3 is 10.2 Å². The monoisotopic (exact) mass is 404 g/mol. The Morgan fingerprint density at radius 2 is 1.00 bits per heavy atom. The van der Waals surface area contributed by atoms with Crippen LogP contribution < -0.4 is 9.44 Å². The highest BCUT2D eigenvalue weighted by molar-refractivity contribution is 9.10. The van der Waals surface area contributed by atoms with Crippen LogP contribution in [0.5, 0.6) is 0 Å². The van der Waals surface area contributed by atoms with Crippen molar-refractivity contribution in [2.45, 2.75) is 0 Å². The van der Waals surface area contributed by atoms with Crippen LogP contribution in [-0.4, -0.2) is 8.42 Å². The van der Waals surface area contributed by atoms with E-state index in [0.29, 0.717) is 11.4 Å². The van der Waals surface area contributed by atoms with Gasteiger partial charge < -0.3 is 0 Å². The number of hydrogen-bond acceptors (Lipinski definition) is 2. The average molecular weight is 406 g/mol. The molecule has 0 atom stereocenters. The van der Waals surface area contributed by atoms with Gasteiger partial charge in [-0.15, -0.1) is 0 Å². The Morgan fingerprint density at radius 3 is 1.32 bits per heavy atom. The molecule has 2 rings (SSSR count). The summed E-state index contributed by atoms with van der Waals surface area (Å²) < 4.78 is 30.4. The molecule has 19 heavy (non-hydrogen) atoms. The third-order valence-electron chi connectivity index (χ3n) is 2.19. The fraction of sp³-hybridized carbons (Fsp3) is 0. The highest BCUT2D eigenvalue weighted by atomic mass is 79.9. The van der Waals surface area contributed by atoms with Crippen molar-refractivity contribution >= 4 is 53.4 Å². The molecule has 0 saturated carbocycles. The Hall–Kier alpha value is -1.05. The molecule has 0 aliphatic rings. The smallest absolute Gasteiger partial charge is 0.267 e. The molecule has 0 spiro atoms. The third-order valence-corrected chi connectivity index (χ3v) is 4.26. The number of halogens is 2. The van der Waals surface area contributed by atoms with Gasteiger partial charge in [0.2, 0.25) is 0 Å². The van der Waals surface area contributed by atoms with Gasteiger partial charge in [-0.05, 0) is 48.5 Å².